The van der Waals surface area contributed by atoms with E-state index in [1.54, 1.807) is 12.1 Å². The average molecular weight is 376 g/mol. The Morgan fingerprint density at radius 3 is 1.93 bits per heavy atom. The zero-order valence-electron chi connectivity index (χ0n) is 15.8. The summed E-state index contributed by atoms with van der Waals surface area (Å²) < 4.78 is 12.9. The second-order valence-corrected chi connectivity index (χ2v) is 6.70. The summed E-state index contributed by atoms with van der Waals surface area (Å²) in [6, 6.07) is 26.9. The van der Waals surface area contributed by atoms with Crippen LogP contribution in [0.5, 0.6) is 0 Å². The Labute approximate surface area is 165 Å². The van der Waals surface area contributed by atoms with Crippen molar-refractivity contribution >= 4 is 11.6 Å². The molecule has 3 aromatic carbocycles. The SMILES string of the molecule is O=C(CCNc1ccc(F)cc1)NCCC(c1ccccc1)c1ccccc1. The first kappa shape index (κ1) is 19.6. The zero-order chi connectivity index (χ0) is 19.6. The van der Waals surface area contributed by atoms with Crippen LogP contribution in [0.3, 0.4) is 0 Å². The molecule has 2 N–H and O–H groups in total. The van der Waals surface area contributed by atoms with Gasteiger partial charge in [0.05, 0.1) is 0 Å². The second-order valence-electron chi connectivity index (χ2n) is 6.70. The standard InChI is InChI=1S/C24H25FN2O/c25-21-11-13-22(14-12-21)26-18-16-24(28)27-17-15-23(19-7-3-1-4-8-19)20-9-5-2-6-10-20/h1-14,23,26H,15-18H2,(H,27,28). The quantitative estimate of drug-likeness (QED) is 0.554. The van der Waals surface area contributed by atoms with Crippen LogP contribution in [0.4, 0.5) is 10.1 Å². The van der Waals surface area contributed by atoms with Crippen LogP contribution in [0.15, 0.2) is 84.9 Å². The van der Waals surface area contributed by atoms with Gasteiger partial charge < -0.3 is 10.6 Å². The van der Waals surface area contributed by atoms with Crippen LogP contribution in [-0.4, -0.2) is 19.0 Å². The molecule has 0 saturated carbocycles. The Balaban J connectivity index is 1.47. The Hall–Kier alpha value is -3.14. The lowest BCUT2D eigenvalue weighted by Crippen LogP contribution is -2.27. The number of hydrogen-bond acceptors (Lipinski definition) is 2. The number of nitrogens with one attached hydrogen (secondary N) is 2. The molecular weight excluding hydrogens is 351 g/mol. The molecular formula is C24H25FN2O. The van der Waals surface area contributed by atoms with Gasteiger partial charge in [-0.2, -0.15) is 0 Å². The molecule has 0 aliphatic heterocycles. The average Bonchev–Trinajstić information content (AvgIpc) is 2.74. The van der Waals surface area contributed by atoms with Crippen molar-refractivity contribution < 1.29 is 9.18 Å². The van der Waals surface area contributed by atoms with Crippen LogP contribution < -0.4 is 10.6 Å². The maximum Gasteiger partial charge on any atom is 0.221 e. The van der Waals surface area contributed by atoms with Crippen molar-refractivity contribution in [3.63, 3.8) is 0 Å². The summed E-state index contributed by atoms with van der Waals surface area (Å²) >= 11 is 0. The normalized spacial score (nSPS) is 10.6. The van der Waals surface area contributed by atoms with Gasteiger partial charge in [-0.15, -0.1) is 0 Å². The third kappa shape index (κ3) is 5.95. The fourth-order valence-corrected chi connectivity index (χ4v) is 3.23. The molecule has 0 spiro atoms. The Morgan fingerprint density at radius 2 is 1.36 bits per heavy atom. The lowest BCUT2D eigenvalue weighted by atomic mass is 9.88. The van der Waals surface area contributed by atoms with E-state index >= 15 is 0 Å². The van der Waals surface area contributed by atoms with Crippen LogP contribution in [0, 0.1) is 5.82 Å². The number of carbonyl (C=O) groups is 1. The highest BCUT2D eigenvalue weighted by molar-refractivity contribution is 5.76. The monoisotopic (exact) mass is 376 g/mol. The van der Waals surface area contributed by atoms with Gasteiger partial charge in [0, 0.05) is 31.1 Å². The minimum Gasteiger partial charge on any atom is -0.385 e. The molecule has 0 radical (unpaired) electrons. The zero-order valence-corrected chi connectivity index (χ0v) is 15.8. The first-order valence-electron chi connectivity index (χ1n) is 9.58. The van der Waals surface area contributed by atoms with Crippen molar-refractivity contribution in [1.82, 2.24) is 5.32 Å². The van der Waals surface area contributed by atoms with Gasteiger partial charge in [0.25, 0.3) is 0 Å². The van der Waals surface area contributed by atoms with Crippen LogP contribution in [-0.2, 0) is 4.79 Å². The molecule has 3 nitrogen and oxygen atoms in total. The van der Waals surface area contributed by atoms with Gasteiger partial charge >= 0.3 is 0 Å². The summed E-state index contributed by atoms with van der Waals surface area (Å²) in [6.45, 7) is 1.13. The van der Waals surface area contributed by atoms with Gasteiger partial charge in [-0.1, -0.05) is 60.7 Å². The van der Waals surface area contributed by atoms with Crippen molar-refractivity contribution in [3.8, 4) is 0 Å². The van der Waals surface area contributed by atoms with Crippen molar-refractivity contribution in [2.75, 3.05) is 18.4 Å². The largest absolute Gasteiger partial charge is 0.385 e. The van der Waals surface area contributed by atoms with E-state index in [1.165, 1.54) is 23.3 Å². The van der Waals surface area contributed by atoms with Gasteiger partial charge in [0.1, 0.15) is 5.82 Å². The minimum atomic E-state index is -0.269. The molecule has 0 aromatic heterocycles. The Bertz CT molecular complexity index is 811. The highest BCUT2D eigenvalue weighted by Crippen LogP contribution is 2.27. The molecule has 0 atom stereocenters. The molecule has 0 bridgehead atoms. The van der Waals surface area contributed by atoms with Crippen LogP contribution >= 0.6 is 0 Å². The molecule has 0 fully saturated rings. The van der Waals surface area contributed by atoms with E-state index in [2.05, 4.69) is 34.9 Å². The van der Waals surface area contributed by atoms with Crippen molar-refractivity contribution in [1.29, 1.82) is 0 Å². The summed E-state index contributed by atoms with van der Waals surface area (Å²) in [5.74, 6) is -0.01000. The molecule has 4 heteroatoms. The Morgan fingerprint density at radius 1 is 0.786 bits per heavy atom. The summed E-state index contributed by atoms with van der Waals surface area (Å²) in [6.07, 6.45) is 1.21. The van der Waals surface area contributed by atoms with E-state index in [-0.39, 0.29) is 17.6 Å². The fraction of sp³-hybridized carbons (Fsp3) is 0.208. The molecule has 3 rings (SSSR count). The maximum atomic E-state index is 12.9. The first-order valence-corrected chi connectivity index (χ1v) is 9.58. The predicted octanol–water partition coefficient (Wildman–Crippen LogP) is 4.97. The smallest absolute Gasteiger partial charge is 0.221 e. The maximum absolute atomic E-state index is 12.9. The molecule has 0 saturated heterocycles. The number of carbonyl (C=O) groups excluding carboxylic acids is 1. The molecule has 0 aliphatic carbocycles. The van der Waals surface area contributed by atoms with Gasteiger partial charge in [-0.05, 0) is 41.8 Å². The predicted molar refractivity (Wildman–Crippen MR) is 112 cm³/mol. The van der Waals surface area contributed by atoms with Gasteiger partial charge in [-0.25, -0.2) is 4.39 Å². The number of rotatable bonds is 9. The second kappa shape index (κ2) is 10.3. The fourth-order valence-electron chi connectivity index (χ4n) is 3.23. The molecule has 3 aromatic rings. The van der Waals surface area contributed by atoms with Crippen molar-refractivity contribution in [2.45, 2.75) is 18.8 Å². The summed E-state index contributed by atoms with van der Waals surface area (Å²) in [5.41, 5.74) is 3.31. The minimum absolute atomic E-state index is 0.00878. The molecule has 0 aliphatic rings. The van der Waals surface area contributed by atoms with Crippen molar-refractivity contribution in [2.24, 2.45) is 0 Å². The van der Waals surface area contributed by atoms with Crippen LogP contribution in [0.25, 0.3) is 0 Å². The van der Waals surface area contributed by atoms with E-state index in [0.717, 1.165) is 12.1 Å². The van der Waals surface area contributed by atoms with Gasteiger partial charge in [-0.3, -0.25) is 4.79 Å². The van der Waals surface area contributed by atoms with E-state index in [4.69, 9.17) is 0 Å². The lowest BCUT2D eigenvalue weighted by Gasteiger charge is -2.18. The topological polar surface area (TPSA) is 41.1 Å². The number of halogens is 1. The molecule has 0 unspecified atom stereocenters. The molecule has 28 heavy (non-hydrogen) atoms. The van der Waals surface area contributed by atoms with E-state index < -0.39 is 0 Å². The summed E-state index contributed by atoms with van der Waals surface area (Å²) in [4.78, 5) is 12.1. The summed E-state index contributed by atoms with van der Waals surface area (Å²) in [5, 5.41) is 6.14. The molecule has 1 amide bonds. The lowest BCUT2D eigenvalue weighted by molar-refractivity contribution is -0.120. The highest BCUT2D eigenvalue weighted by atomic mass is 19.1. The van der Waals surface area contributed by atoms with Gasteiger partial charge in [0.15, 0.2) is 0 Å². The van der Waals surface area contributed by atoms with E-state index in [1.807, 2.05) is 36.4 Å². The van der Waals surface area contributed by atoms with Gasteiger partial charge in [0.2, 0.25) is 5.91 Å². The van der Waals surface area contributed by atoms with Crippen molar-refractivity contribution in [3.05, 3.63) is 102 Å². The first-order chi connectivity index (χ1) is 13.7. The van der Waals surface area contributed by atoms with E-state index in [0.29, 0.717) is 19.5 Å². The molecule has 0 heterocycles. The number of anilines is 1. The Kier molecular flexibility index (Phi) is 7.19. The third-order valence-electron chi connectivity index (χ3n) is 4.68. The van der Waals surface area contributed by atoms with Crippen LogP contribution in [0.1, 0.15) is 29.9 Å². The number of amides is 1. The highest BCUT2D eigenvalue weighted by Gasteiger charge is 2.14. The van der Waals surface area contributed by atoms with E-state index in [9.17, 15) is 9.18 Å². The van der Waals surface area contributed by atoms with Crippen LogP contribution in [0.2, 0.25) is 0 Å². The third-order valence-corrected chi connectivity index (χ3v) is 4.68. The number of benzene rings is 3. The molecule has 144 valence electrons. The number of hydrogen-bond donors (Lipinski definition) is 2. The summed E-state index contributed by atoms with van der Waals surface area (Å²) in [7, 11) is 0.